The van der Waals surface area contributed by atoms with E-state index in [2.05, 4.69) is 25.5 Å². The van der Waals surface area contributed by atoms with E-state index in [0.717, 1.165) is 16.7 Å². The zero-order valence-electron chi connectivity index (χ0n) is 13.8. The molecule has 0 bridgehead atoms. The molecule has 6 nitrogen and oxygen atoms in total. The van der Waals surface area contributed by atoms with E-state index in [9.17, 15) is 9.18 Å². The van der Waals surface area contributed by atoms with Crippen LogP contribution in [0.15, 0.2) is 42.2 Å². The molecule has 0 atom stereocenters. The van der Waals surface area contributed by atoms with Crippen molar-refractivity contribution in [2.75, 3.05) is 5.32 Å². The van der Waals surface area contributed by atoms with Crippen molar-refractivity contribution in [1.82, 2.24) is 20.2 Å². The van der Waals surface area contributed by atoms with E-state index in [1.54, 1.807) is 12.1 Å². The third-order valence-electron chi connectivity index (χ3n) is 4.00. The molecule has 0 aliphatic rings. The van der Waals surface area contributed by atoms with Gasteiger partial charge in [0.05, 0.1) is 23.7 Å². The van der Waals surface area contributed by atoms with Crippen molar-refractivity contribution in [2.24, 2.45) is 0 Å². The minimum Gasteiger partial charge on any atom is -0.317 e. The van der Waals surface area contributed by atoms with E-state index in [4.69, 9.17) is 0 Å². The van der Waals surface area contributed by atoms with Crippen molar-refractivity contribution in [1.29, 1.82) is 0 Å². The molecular formula is C18H14FN5OS. The zero-order valence-corrected chi connectivity index (χ0v) is 14.6. The molecule has 4 rings (SSSR count). The normalized spacial score (nSPS) is 11.0. The number of H-pyrrole nitrogens is 1. The number of nitrogens with one attached hydrogen (secondary N) is 2. The number of pyridine rings is 1. The first-order chi connectivity index (χ1) is 12.6. The van der Waals surface area contributed by atoms with Crippen molar-refractivity contribution >= 4 is 33.1 Å². The smallest absolute Gasteiger partial charge is 0.229 e. The summed E-state index contributed by atoms with van der Waals surface area (Å²) in [5.41, 5.74) is 3.17. The molecule has 0 aliphatic heterocycles. The molecule has 1 amide bonds. The Balaban J connectivity index is 1.61. The van der Waals surface area contributed by atoms with Crippen LogP contribution in [-0.4, -0.2) is 26.1 Å². The van der Waals surface area contributed by atoms with Crippen LogP contribution in [0, 0.1) is 12.7 Å². The first-order valence-corrected chi connectivity index (χ1v) is 8.77. The maximum Gasteiger partial charge on any atom is 0.229 e. The Morgan fingerprint density at radius 1 is 1.35 bits per heavy atom. The van der Waals surface area contributed by atoms with Gasteiger partial charge in [-0.3, -0.25) is 14.9 Å². The molecular weight excluding hydrogens is 353 g/mol. The molecule has 0 fully saturated rings. The summed E-state index contributed by atoms with van der Waals surface area (Å²) in [7, 11) is 0. The Morgan fingerprint density at radius 2 is 2.23 bits per heavy atom. The number of amides is 1. The lowest BCUT2D eigenvalue weighted by molar-refractivity contribution is -0.115. The highest BCUT2D eigenvalue weighted by Gasteiger charge is 2.17. The van der Waals surface area contributed by atoms with Crippen molar-refractivity contribution in [2.45, 2.75) is 13.3 Å². The Labute approximate surface area is 152 Å². The third-order valence-corrected chi connectivity index (χ3v) is 5.01. The molecule has 0 saturated heterocycles. The van der Waals surface area contributed by atoms with Gasteiger partial charge in [-0.05, 0) is 35.6 Å². The molecule has 0 saturated carbocycles. The van der Waals surface area contributed by atoms with Crippen LogP contribution in [0.1, 0.15) is 11.1 Å². The lowest BCUT2D eigenvalue weighted by Gasteiger charge is -2.08. The summed E-state index contributed by atoms with van der Waals surface area (Å²) in [4.78, 5) is 20.8. The molecule has 3 heterocycles. The molecule has 26 heavy (non-hydrogen) atoms. The number of carbonyl (C=O) groups is 1. The van der Waals surface area contributed by atoms with Gasteiger partial charge >= 0.3 is 0 Å². The number of aromatic nitrogens is 4. The fourth-order valence-electron chi connectivity index (χ4n) is 2.83. The first kappa shape index (κ1) is 16.3. The molecule has 4 aromatic rings. The molecule has 130 valence electrons. The number of rotatable bonds is 4. The predicted octanol–water partition coefficient (Wildman–Crippen LogP) is 3.71. The highest BCUT2D eigenvalue weighted by Crippen LogP contribution is 2.35. The molecule has 0 aliphatic carbocycles. The number of aryl methyl sites for hydroxylation is 1. The number of hydrogen-bond donors (Lipinski definition) is 2. The van der Waals surface area contributed by atoms with Crippen LogP contribution in [0.4, 0.5) is 9.39 Å². The second kappa shape index (κ2) is 6.64. The second-order valence-electron chi connectivity index (χ2n) is 5.81. The summed E-state index contributed by atoms with van der Waals surface area (Å²) in [6, 6.07) is 6.81. The van der Waals surface area contributed by atoms with Gasteiger partial charge in [-0.15, -0.1) is 11.3 Å². The van der Waals surface area contributed by atoms with E-state index < -0.39 is 5.82 Å². The summed E-state index contributed by atoms with van der Waals surface area (Å²) in [5.74, 6) is -0.0815. The van der Waals surface area contributed by atoms with Gasteiger partial charge in [0.1, 0.15) is 17.1 Å². The Hall–Kier alpha value is -3.13. The van der Waals surface area contributed by atoms with Gasteiger partial charge in [0.25, 0.3) is 0 Å². The minimum absolute atomic E-state index is 0.118. The van der Waals surface area contributed by atoms with Gasteiger partial charge in [0.2, 0.25) is 5.91 Å². The maximum atomic E-state index is 13.5. The van der Waals surface area contributed by atoms with Crippen molar-refractivity contribution in [3.63, 3.8) is 0 Å². The number of thiophene rings is 1. The number of carbonyl (C=O) groups excluding carboxylic acids is 1. The maximum absolute atomic E-state index is 13.5. The predicted molar refractivity (Wildman–Crippen MR) is 98.5 cm³/mol. The quantitative estimate of drug-likeness (QED) is 0.576. The number of nitrogens with zero attached hydrogens (tertiary/aromatic N) is 3. The number of hydrogen-bond acceptors (Lipinski definition) is 5. The van der Waals surface area contributed by atoms with Crippen molar-refractivity contribution < 1.29 is 9.18 Å². The zero-order chi connectivity index (χ0) is 18.1. The highest BCUT2D eigenvalue weighted by molar-refractivity contribution is 7.15. The molecule has 8 heteroatoms. The van der Waals surface area contributed by atoms with E-state index in [1.807, 2.05) is 18.4 Å². The van der Waals surface area contributed by atoms with E-state index >= 15 is 0 Å². The number of anilines is 1. The fourth-order valence-corrected chi connectivity index (χ4v) is 3.78. The second-order valence-corrected chi connectivity index (χ2v) is 6.69. The van der Waals surface area contributed by atoms with Gasteiger partial charge in [-0.25, -0.2) is 9.37 Å². The number of fused-ring (bicyclic) bond motifs is 1. The lowest BCUT2D eigenvalue weighted by atomic mass is 10.1. The average molecular weight is 367 g/mol. The fraction of sp³-hybridized carbons (Fsp3) is 0.111. The Morgan fingerprint density at radius 3 is 3.04 bits per heavy atom. The molecule has 0 radical (unpaired) electrons. The van der Waals surface area contributed by atoms with Crippen LogP contribution in [0.3, 0.4) is 0 Å². The van der Waals surface area contributed by atoms with Crippen molar-refractivity contribution in [3.8, 4) is 11.4 Å². The van der Waals surface area contributed by atoms with Crippen LogP contribution in [-0.2, 0) is 11.2 Å². The van der Waals surface area contributed by atoms with E-state index in [-0.39, 0.29) is 12.3 Å². The molecule has 0 spiro atoms. The monoisotopic (exact) mass is 367 g/mol. The summed E-state index contributed by atoms with van der Waals surface area (Å²) in [6.45, 7) is 1.94. The Kier molecular flexibility index (Phi) is 4.18. The molecule has 1 aromatic carbocycles. The van der Waals surface area contributed by atoms with Crippen molar-refractivity contribution in [3.05, 3.63) is 59.1 Å². The summed E-state index contributed by atoms with van der Waals surface area (Å²) in [6.07, 6.45) is 2.78. The van der Waals surface area contributed by atoms with Gasteiger partial charge in [0, 0.05) is 5.39 Å². The minimum atomic E-state index is -0.425. The van der Waals surface area contributed by atoms with Crippen LogP contribution < -0.4 is 5.32 Å². The third kappa shape index (κ3) is 3.06. The highest BCUT2D eigenvalue weighted by atomic mass is 32.1. The van der Waals surface area contributed by atoms with E-state index in [0.29, 0.717) is 21.7 Å². The van der Waals surface area contributed by atoms with Crippen LogP contribution in [0.2, 0.25) is 0 Å². The van der Waals surface area contributed by atoms with Gasteiger partial charge in [-0.2, -0.15) is 5.10 Å². The number of benzene rings is 1. The first-order valence-electron chi connectivity index (χ1n) is 7.89. The van der Waals surface area contributed by atoms with Crippen LogP contribution in [0.5, 0.6) is 0 Å². The van der Waals surface area contributed by atoms with Gasteiger partial charge in [-0.1, -0.05) is 12.1 Å². The van der Waals surface area contributed by atoms with E-state index in [1.165, 1.54) is 29.9 Å². The molecule has 2 N–H and O–H groups in total. The standard InChI is InChI=1S/C18H14FN5OS/c1-10-8-26-18(16(10)17-21-9-22-24-17)23-15(25)5-11-3-2-4-14-13(11)6-12(19)7-20-14/h2-4,6-9H,5H2,1H3,(H,23,25)(H,21,22,24). The molecule has 0 unspecified atom stereocenters. The Bertz CT molecular complexity index is 1090. The summed E-state index contributed by atoms with van der Waals surface area (Å²) < 4.78 is 13.5. The average Bonchev–Trinajstić information content (AvgIpc) is 3.25. The van der Waals surface area contributed by atoms with Gasteiger partial charge < -0.3 is 5.32 Å². The SMILES string of the molecule is Cc1csc(NC(=O)Cc2cccc3ncc(F)cc23)c1-c1nc[nH]n1. The number of halogens is 1. The molecule has 3 aromatic heterocycles. The lowest BCUT2D eigenvalue weighted by Crippen LogP contribution is -2.14. The number of aromatic amines is 1. The topological polar surface area (TPSA) is 83.6 Å². The largest absolute Gasteiger partial charge is 0.317 e. The summed E-state index contributed by atoms with van der Waals surface area (Å²) in [5, 5.41) is 13.0. The van der Waals surface area contributed by atoms with Crippen LogP contribution >= 0.6 is 11.3 Å². The summed E-state index contributed by atoms with van der Waals surface area (Å²) >= 11 is 1.42. The van der Waals surface area contributed by atoms with Crippen LogP contribution in [0.25, 0.3) is 22.3 Å². The van der Waals surface area contributed by atoms with Gasteiger partial charge in [0.15, 0.2) is 5.82 Å².